The fourth-order valence-corrected chi connectivity index (χ4v) is 3.44. The van der Waals surface area contributed by atoms with Gasteiger partial charge in [0.1, 0.15) is 0 Å². The van der Waals surface area contributed by atoms with Crippen LogP contribution in [0.5, 0.6) is 0 Å². The van der Waals surface area contributed by atoms with Gasteiger partial charge in [0.25, 0.3) is 5.91 Å². The monoisotopic (exact) mass is 334 g/mol. The number of likely N-dealkylation sites (tertiary alicyclic amines) is 1. The van der Waals surface area contributed by atoms with Crippen LogP contribution in [0.4, 0.5) is 0 Å². The van der Waals surface area contributed by atoms with Crippen LogP contribution in [0.3, 0.4) is 0 Å². The summed E-state index contributed by atoms with van der Waals surface area (Å²) in [4.78, 5) is 37.4. The molecule has 7 heteroatoms. The van der Waals surface area contributed by atoms with Gasteiger partial charge in [-0.05, 0) is 37.8 Å². The van der Waals surface area contributed by atoms with Crippen molar-refractivity contribution in [1.29, 1.82) is 0 Å². The molecule has 2 aliphatic rings. The standard InChI is InChI=1S/C17H22N2O5/c20-14(11-17(16(22)23)6-2-7-17)18-12-4-8-19(9-5-12)15(21)13-3-1-10-24-13/h1,3,10,12H,2,4-9,11H2,(H,18,20)(H,22,23). The highest BCUT2D eigenvalue weighted by Crippen LogP contribution is 2.44. The molecular formula is C17H22N2O5. The van der Waals surface area contributed by atoms with E-state index in [9.17, 15) is 19.5 Å². The van der Waals surface area contributed by atoms with Gasteiger partial charge in [0.05, 0.1) is 11.7 Å². The number of carboxylic acid groups (broad SMARTS) is 1. The van der Waals surface area contributed by atoms with Gasteiger partial charge in [-0.3, -0.25) is 14.4 Å². The minimum absolute atomic E-state index is 0.0101. The maximum Gasteiger partial charge on any atom is 0.310 e. The molecule has 2 amide bonds. The molecular weight excluding hydrogens is 312 g/mol. The number of rotatable bonds is 5. The zero-order valence-electron chi connectivity index (χ0n) is 13.5. The highest BCUT2D eigenvalue weighted by Gasteiger charge is 2.46. The van der Waals surface area contributed by atoms with E-state index in [1.54, 1.807) is 17.0 Å². The quantitative estimate of drug-likeness (QED) is 0.853. The smallest absolute Gasteiger partial charge is 0.310 e. The Balaban J connectivity index is 1.46. The summed E-state index contributed by atoms with van der Waals surface area (Å²) in [6.45, 7) is 1.10. The van der Waals surface area contributed by atoms with Crippen molar-refractivity contribution >= 4 is 17.8 Å². The molecule has 0 atom stereocenters. The summed E-state index contributed by atoms with van der Waals surface area (Å²) in [6.07, 6.45) is 4.87. The van der Waals surface area contributed by atoms with Crippen molar-refractivity contribution in [2.24, 2.45) is 5.41 Å². The van der Waals surface area contributed by atoms with Gasteiger partial charge in [0.2, 0.25) is 5.91 Å². The Kier molecular flexibility index (Phi) is 4.59. The molecule has 24 heavy (non-hydrogen) atoms. The molecule has 1 aliphatic heterocycles. The van der Waals surface area contributed by atoms with E-state index in [0.717, 1.165) is 6.42 Å². The summed E-state index contributed by atoms with van der Waals surface area (Å²) in [5.41, 5.74) is -0.861. The van der Waals surface area contributed by atoms with E-state index in [4.69, 9.17) is 4.42 Å². The lowest BCUT2D eigenvalue weighted by Crippen LogP contribution is -2.49. The zero-order valence-corrected chi connectivity index (χ0v) is 13.5. The second-order valence-corrected chi connectivity index (χ2v) is 6.73. The van der Waals surface area contributed by atoms with Crippen LogP contribution in [0.2, 0.25) is 0 Å². The summed E-state index contributed by atoms with van der Waals surface area (Å²) < 4.78 is 5.12. The van der Waals surface area contributed by atoms with Crippen LogP contribution in [0.25, 0.3) is 0 Å². The van der Waals surface area contributed by atoms with Crippen LogP contribution in [-0.4, -0.2) is 46.9 Å². The highest BCUT2D eigenvalue weighted by molar-refractivity contribution is 5.91. The normalized spacial score (nSPS) is 20.2. The van der Waals surface area contributed by atoms with E-state index in [-0.39, 0.29) is 24.3 Å². The van der Waals surface area contributed by atoms with Crippen molar-refractivity contribution < 1.29 is 23.9 Å². The van der Waals surface area contributed by atoms with Crippen LogP contribution < -0.4 is 5.32 Å². The van der Waals surface area contributed by atoms with Gasteiger partial charge < -0.3 is 19.7 Å². The second kappa shape index (κ2) is 6.67. The van der Waals surface area contributed by atoms with Gasteiger partial charge in [-0.15, -0.1) is 0 Å². The van der Waals surface area contributed by atoms with E-state index in [1.165, 1.54) is 6.26 Å². The molecule has 2 fully saturated rings. The van der Waals surface area contributed by atoms with Crippen LogP contribution in [0.15, 0.2) is 22.8 Å². The third-order valence-electron chi connectivity index (χ3n) is 5.14. The Morgan fingerprint density at radius 1 is 1.29 bits per heavy atom. The number of nitrogens with zero attached hydrogens (tertiary/aromatic N) is 1. The summed E-state index contributed by atoms with van der Waals surface area (Å²) >= 11 is 0. The predicted molar refractivity (Wildman–Crippen MR) is 84.3 cm³/mol. The molecule has 130 valence electrons. The van der Waals surface area contributed by atoms with Crippen LogP contribution >= 0.6 is 0 Å². The van der Waals surface area contributed by atoms with Gasteiger partial charge >= 0.3 is 5.97 Å². The van der Waals surface area contributed by atoms with E-state index in [2.05, 4.69) is 5.32 Å². The first-order valence-electron chi connectivity index (χ1n) is 8.36. The maximum atomic E-state index is 12.2. The Bertz CT molecular complexity index is 613. The summed E-state index contributed by atoms with van der Waals surface area (Å²) in [5.74, 6) is -0.884. The first-order valence-corrected chi connectivity index (χ1v) is 8.36. The average Bonchev–Trinajstić information content (AvgIpc) is 3.05. The molecule has 2 N–H and O–H groups in total. The van der Waals surface area contributed by atoms with Crippen molar-refractivity contribution in [3.63, 3.8) is 0 Å². The number of nitrogens with one attached hydrogen (secondary N) is 1. The lowest BCUT2D eigenvalue weighted by Gasteiger charge is -2.38. The van der Waals surface area contributed by atoms with Gasteiger partial charge in [-0.2, -0.15) is 0 Å². The second-order valence-electron chi connectivity index (χ2n) is 6.73. The highest BCUT2D eigenvalue weighted by atomic mass is 16.4. The lowest BCUT2D eigenvalue weighted by molar-refractivity contribution is -0.157. The number of hydrogen-bond acceptors (Lipinski definition) is 4. The number of amides is 2. The molecule has 0 aromatic carbocycles. The first-order chi connectivity index (χ1) is 11.5. The molecule has 1 saturated carbocycles. The van der Waals surface area contributed by atoms with Gasteiger partial charge in [0.15, 0.2) is 5.76 Å². The molecule has 0 unspecified atom stereocenters. The van der Waals surface area contributed by atoms with Crippen LogP contribution in [0.1, 0.15) is 49.1 Å². The largest absolute Gasteiger partial charge is 0.481 e. The van der Waals surface area contributed by atoms with Crippen molar-refractivity contribution in [3.8, 4) is 0 Å². The fraction of sp³-hybridized carbons (Fsp3) is 0.588. The molecule has 1 saturated heterocycles. The zero-order chi connectivity index (χ0) is 17.2. The Hall–Kier alpha value is -2.31. The third kappa shape index (κ3) is 3.29. The Morgan fingerprint density at radius 3 is 2.50 bits per heavy atom. The van der Waals surface area contributed by atoms with Crippen molar-refractivity contribution in [1.82, 2.24) is 10.2 Å². The average molecular weight is 334 g/mol. The summed E-state index contributed by atoms with van der Waals surface area (Å²) in [5, 5.41) is 12.2. The first kappa shape index (κ1) is 16.5. The minimum atomic E-state index is -0.872. The van der Waals surface area contributed by atoms with Crippen molar-refractivity contribution in [2.75, 3.05) is 13.1 Å². The summed E-state index contributed by atoms with van der Waals surface area (Å²) in [7, 11) is 0. The molecule has 0 bridgehead atoms. The molecule has 2 heterocycles. The summed E-state index contributed by atoms with van der Waals surface area (Å²) in [6, 6.07) is 3.31. The number of piperidine rings is 1. The molecule has 1 aromatic rings. The van der Waals surface area contributed by atoms with Gasteiger partial charge in [0, 0.05) is 25.6 Å². The van der Waals surface area contributed by atoms with E-state index >= 15 is 0 Å². The Labute approximate surface area is 140 Å². The number of carboxylic acids is 1. The number of carbonyl (C=O) groups is 3. The van der Waals surface area contributed by atoms with E-state index in [1.807, 2.05) is 0 Å². The van der Waals surface area contributed by atoms with Crippen molar-refractivity contribution in [3.05, 3.63) is 24.2 Å². The SMILES string of the molecule is O=C(CC1(C(=O)O)CCC1)NC1CCN(C(=O)c2ccco2)CC1. The van der Waals surface area contributed by atoms with E-state index < -0.39 is 11.4 Å². The molecule has 7 nitrogen and oxygen atoms in total. The fourth-order valence-electron chi connectivity index (χ4n) is 3.44. The number of aliphatic carboxylic acids is 1. The molecule has 1 aliphatic carbocycles. The maximum absolute atomic E-state index is 12.2. The predicted octanol–water partition coefficient (Wildman–Crippen LogP) is 1.65. The van der Waals surface area contributed by atoms with E-state index in [0.29, 0.717) is 44.5 Å². The molecule has 0 radical (unpaired) electrons. The lowest BCUT2D eigenvalue weighted by atomic mass is 9.66. The molecule has 0 spiro atoms. The number of carbonyl (C=O) groups excluding carboxylic acids is 2. The third-order valence-corrected chi connectivity index (χ3v) is 5.14. The molecule has 1 aromatic heterocycles. The topological polar surface area (TPSA) is 99.9 Å². The van der Waals surface area contributed by atoms with Gasteiger partial charge in [-0.1, -0.05) is 6.42 Å². The van der Waals surface area contributed by atoms with Gasteiger partial charge in [-0.25, -0.2) is 0 Å². The van der Waals surface area contributed by atoms with Crippen LogP contribution in [-0.2, 0) is 9.59 Å². The van der Waals surface area contributed by atoms with Crippen LogP contribution in [0, 0.1) is 5.41 Å². The Morgan fingerprint density at radius 2 is 2.00 bits per heavy atom. The molecule has 3 rings (SSSR count). The number of hydrogen-bond donors (Lipinski definition) is 2. The van der Waals surface area contributed by atoms with Crippen molar-refractivity contribution in [2.45, 2.75) is 44.6 Å². The number of furan rings is 1. The minimum Gasteiger partial charge on any atom is -0.481 e.